The molecule has 0 spiro atoms. The van der Waals surface area contributed by atoms with Crippen molar-refractivity contribution in [2.75, 3.05) is 6.61 Å². The zero-order valence-corrected chi connectivity index (χ0v) is 6.02. The third kappa shape index (κ3) is 1.26. The summed E-state index contributed by atoms with van der Waals surface area (Å²) in [4.78, 5) is 11.1. The van der Waals surface area contributed by atoms with Gasteiger partial charge in [-0.05, 0) is 12.5 Å². The lowest BCUT2D eigenvalue weighted by Crippen LogP contribution is -2.00. The molecule has 0 N–H and O–H groups in total. The summed E-state index contributed by atoms with van der Waals surface area (Å²) in [6.45, 7) is 5.90. The van der Waals surface area contributed by atoms with E-state index in [1.165, 1.54) is 6.26 Å². The van der Waals surface area contributed by atoms with E-state index in [0.717, 1.165) is 12.0 Å². The molecular weight excluding hydrogens is 128 g/mol. The van der Waals surface area contributed by atoms with Crippen LogP contribution < -0.4 is 0 Å². The first-order chi connectivity index (χ1) is 4.72. The van der Waals surface area contributed by atoms with Crippen molar-refractivity contribution in [1.29, 1.82) is 0 Å². The van der Waals surface area contributed by atoms with E-state index in [1.54, 1.807) is 6.92 Å². The molecule has 0 saturated heterocycles. The fourth-order valence-electron chi connectivity index (χ4n) is 0.828. The van der Waals surface area contributed by atoms with Crippen LogP contribution in [0, 0.1) is 0 Å². The molecular formula is C8H10O2. The van der Waals surface area contributed by atoms with E-state index in [-0.39, 0.29) is 5.78 Å². The van der Waals surface area contributed by atoms with Crippen LogP contribution in [0.3, 0.4) is 0 Å². The molecule has 0 atom stereocenters. The van der Waals surface area contributed by atoms with Gasteiger partial charge in [0.1, 0.15) is 0 Å². The van der Waals surface area contributed by atoms with E-state index >= 15 is 0 Å². The van der Waals surface area contributed by atoms with Gasteiger partial charge in [0, 0.05) is 12.0 Å². The van der Waals surface area contributed by atoms with Crippen molar-refractivity contribution < 1.29 is 9.53 Å². The van der Waals surface area contributed by atoms with Crippen molar-refractivity contribution in [2.24, 2.45) is 0 Å². The molecule has 0 radical (unpaired) electrons. The topological polar surface area (TPSA) is 26.3 Å². The summed E-state index contributed by atoms with van der Waals surface area (Å²) in [6.07, 6.45) is 2.25. The summed E-state index contributed by atoms with van der Waals surface area (Å²) in [5.74, 6) is 0.0255. The first-order valence-electron chi connectivity index (χ1n) is 3.22. The minimum absolute atomic E-state index is 0.0255. The Labute approximate surface area is 60.2 Å². The molecule has 0 amide bonds. The van der Waals surface area contributed by atoms with Gasteiger partial charge in [0.2, 0.25) is 0 Å². The molecule has 1 rings (SSSR count). The van der Waals surface area contributed by atoms with Crippen LogP contribution in [0.4, 0.5) is 0 Å². The first kappa shape index (κ1) is 7.06. The Hall–Kier alpha value is -1.05. The molecule has 0 fully saturated rings. The van der Waals surface area contributed by atoms with Crippen molar-refractivity contribution in [3.63, 3.8) is 0 Å². The Morgan fingerprint density at radius 3 is 2.90 bits per heavy atom. The molecule has 1 aliphatic rings. The summed E-state index contributed by atoms with van der Waals surface area (Å²) in [6, 6.07) is 0. The van der Waals surface area contributed by atoms with Crippen LogP contribution >= 0.6 is 0 Å². The fourth-order valence-corrected chi connectivity index (χ4v) is 0.828. The van der Waals surface area contributed by atoms with Gasteiger partial charge in [0.25, 0.3) is 0 Å². The maximum Gasteiger partial charge on any atom is 0.187 e. The number of rotatable bonds is 2. The van der Waals surface area contributed by atoms with Gasteiger partial charge in [-0.2, -0.15) is 0 Å². The van der Waals surface area contributed by atoms with Gasteiger partial charge in [0.05, 0.1) is 12.9 Å². The van der Waals surface area contributed by atoms with E-state index in [9.17, 15) is 4.79 Å². The second-order valence-corrected chi connectivity index (χ2v) is 2.37. The lowest BCUT2D eigenvalue weighted by atomic mass is 10.1. The largest absolute Gasteiger partial charge is 0.500 e. The third-order valence-corrected chi connectivity index (χ3v) is 1.39. The lowest BCUT2D eigenvalue weighted by molar-refractivity contribution is -0.112. The lowest BCUT2D eigenvalue weighted by Gasteiger charge is -1.94. The molecule has 2 nitrogen and oxygen atoms in total. The SMILES string of the molecule is C=C(C)C(=O)C1=COCC1. The van der Waals surface area contributed by atoms with Crippen LogP contribution in [0.5, 0.6) is 0 Å². The highest BCUT2D eigenvalue weighted by Gasteiger charge is 2.14. The maximum atomic E-state index is 11.1. The number of carbonyl (C=O) groups is 1. The maximum absolute atomic E-state index is 11.1. The van der Waals surface area contributed by atoms with Gasteiger partial charge >= 0.3 is 0 Å². The predicted molar refractivity (Wildman–Crippen MR) is 38.5 cm³/mol. The Morgan fingerprint density at radius 1 is 1.80 bits per heavy atom. The highest BCUT2D eigenvalue weighted by atomic mass is 16.5. The van der Waals surface area contributed by atoms with Crippen molar-refractivity contribution in [3.8, 4) is 0 Å². The number of allylic oxidation sites excluding steroid dienone is 1. The minimum Gasteiger partial charge on any atom is -0.500 e. The normalized spacial score (nSPS) is 15.9. The summed E-state index contributed by atoms with van der Waals surface area (Å²) in [5, 5.41) is 0. The van der Waals surface area contributed by atoms with Gasteiger partial charge in [-0.15, -0.1) is 0 Å². The summed E-state index contributed by atoms with van der Waals surface area (Å²) >= 11 is 0. The highest BCUT2D eigenvalue weighted by molar-refractivity contribution is 6.07. The smallest absolute Gasteiger partial charge is 0.187 e. The standard InChI is InChI=1S/C8H10O2/c1-6(2)8(9)7-3-4-10-5-7/h5H,1,3-4H2,2H3. The quantitative estimate of drug-likeness (QED) is 0.539. The summed E-state index contributed by atoms with van der Waals surface area (Å²) in [5.41, 5.74) is 1.32. The molecule has 0 aromatic carbocycles. The molecule has 0 bridgehead atoms. The van der Waals surface area contributed by atoms with Crippen LogP contribution in [0.2, 0.25) is 0 Å². The van der Waals surface area contributed by atoms with Crippen LogP contribution in [-0.2, 0) is 9.53 Å². The number of ketones is 1. The van der Waals surface area contributed by atoms with E-state index in [4.69, 9.17) is 4.74 Å². The fraction of sp³-hybridized carbons (Fsp3) is 0.375. The van der Waals surface area contributed by atoms with Crippen molar-refractivity contribution in [1.82, 2.24) is 0 Å². The zero-order chi connectivity index (χ0) is 7.56. The van der Waals surface area contributed by atoms with Gasteiger partial charge in [-0.1, -0.05) is 6.58 Å². The minimum atomic E-state index is 0.0255. The average molecular weight is 138 g/mol. The molecule has 54 valence electrons. The van der Waals surface area contributed by atoms with Crippen LogP contribution in [0.25, 0.3) is 0 Å². The average Bonchev–Trinajstić information content (AvgIpc) is 2.36. The molecule has 0 aromatic rings. The van der Waals surface area contributed by atoms with Crippen molar-refractivity contribution in [2.45, 2.75) is 13.3 Å². The van der Waals surface area contributed by atoms with Crippen LogP contribution in [0.15, 0.2) is 24.0 Å². The molecule has 10 heavy (non-hydrogen) atoms. The number of hydrogen-bond acceptors (Lipinski definition) is 2. The number of ether oxygens (including phenoxy) is 1. The molecule has 2 heteroatoms. The van der Waals surface area contributed by atoms with Gasteiger partial charge in [-0.25, -0.2) is 0 Å². The summed E-state index contributed by atoms with van der Waals surface area (Å²) < 4.78 is 4.90. The molecule has 0 unspecified atom stereocenters. The second kappa shape index (κ2) is 2.69. The van der Waals surface area contributed by atoms with E-state index < -0.39 is 0 Å². The van der Waals surface area contributed by atoms with Crippen molar-refractivity contribution >= 4 is 5.78 Å². The Bertz CT molecular complexity index is 201. The molecule has 0 aliphatic carbocycles. The zero-order valence-electron chi connectivity index (χ0n) is 6.02. The molecule has 0 aromatic heterocycles. The van der Waals surface area contributed by atoms with Crippen LogP contribution in [-0.4, -0.2) is 12.4 Å². The number of carbonyl (C=O) groups excluding carboxylic acids is 1. The third-order valence-electron chi connectivity index (χ3n) is 1.39. The Balaban J connectivity index is 2.65. The molecule has 1 aliphatic heterocycles. The highest BCUT2D eigenvalue weighted by Crippen LogP contribution is 2.14. The van der Waals surface area contributed by atoms with Crippen LogP contribution in [0.1, 0.15) is 13.3 Å². The van der Waals surface area contributed by atoms with E-state index in [2.05, 4.69) is 6.58 Å². The van der Waals surface area contributed by atoms with Gasteiger partial charge < -0.3 is 4.74 Å². The summed E-state index contributed by atoms with van der Waals surface area (Å²) in [7, 11) is 0. The Kier molecular flexibility index (Phi) is 1.90. The monoisotopic (exact) mass is 138 g/mol. The van der Waals surface area contributed by atoms with Crippen molar-refractivity contribution in [3.05, 3.63) is 24.0 Å². The number of hydrogen-bond donors (Lipinski definition) is 0. The first-order valence-corrected chi connectivity index (χ1v) is 3.22. The number of Topliss-reactive ketones (excluding diaryl/α,β-unsaturated/α-hetero) is 1. The molecule has 1 heterocycles. The molecule has 0 saturated carbocycles. The van der Waals surface area contributed by atoms with Gasteiger partial charge in [0.15, 0.2) is 5.78 Å². The second-order valence-electron chi connectivity index (χ2n) is 2.37. The van der Waals surface area contributed by atoms with E-state index in [1.807, 2.05) is 0 Å². The van der Waals surface area contributed by atoms with E-state index in [0.29, 0.717) is 12.2 Å². The Morgan fingerprint density at radius 2 is 2.50 bits per heavy atom. The predicted octanol–water partition coefficient (Wildman–Crippen LogP) is 1.44. The van der Waals surface area contributed by atoms with Gasteiger partial charge in [-0.3, -0.25) is 4.79 Å².